The van der Waals surface area contributed by atoms with E-state index < -0.39 is 0 Å². The number of rotatable bonds is 6. The molecule has 2 aromatic heterocycles. The number of fused-ring (bicyclic) bond motifs is 3. The average Bonchev–Trinajstić information content (AvgIpc) is 3.03. The number of aromatic nitrogens is 3. The van der Waals surface area contributed by atoms with Gasteiger partial charge in [0, 0.05) is 11.4 Å². The minimum atomic E-state index is 0.0199. The number of hydrogen-bond acceptors (Lipinski definition) is 5. The summed E-state index contributed by atoms with van der Waals surface area (Å²) in [5.41, 5.74) is 2.47. The van der Waals surface area contributed by atoms with Crippen molar-refractivity contribution in [1.29, 1.82) is 0 Å². The molecule has 1 aliphatic rings. The van der Waals surface area contributed by atoms with Gasteiger partial charge in [-0.05, 0) is 62.6 Å². The predicted octanol–water partition coefficient (Wildman–Crippen LogP) is 4.15. The number of ether oxygens (including phenoxy) is 1. The summed E-state index contributed by atoms with van der Waals surface area (Å²) < 4.78 is 7.28. The van der Waals surface area contributed by atoms with Gasteiger partial charge in [-0.15, -0.1) is 16.4 Å². The van der Waals surface area contributed by atoms with E-state index in [1.807, 2.05) is 24.3 Å². The third-order valence-electron chi connectivity index (χ3n) is 5.24. The van der Waals surface area contributed by atoms with Crippen LogP contribution in [0.15, 0.2) is 29.1 Å². The van der Waals surface area contributed by atoms with Crippen LogP contribution in [0, 0.1) is 12.8 Å². The molecule has 1 aromatic carbocycles. The van der Waals surface area contributed by atoms with Gasteiger partial charge in [0.15, 0.2) is 4.83 Å². The minimum Gasteiger partial charge on any atom is -0.494 e. The molecule has 6 heteroatoms. The quantitative estimate of drug-likeness (QED) is 0.600. The Morgan fingerprint density at radius 2 is 2.07 bits per heavy atom. The monoisotopic (exact) mass is 383 g/mol. The van der Waals surface area contributed by atoms with Crippen LogP contribution < -0.4 is 10.3 Å². The first kappa shape index (κ1) is 18.2. The lowest BCUT2D eigenvalue weighted by Crippen LogP contribution is -2.25. The highest BCUT2D eigenvalue weighted by molar-refractivity contribution is 7.18. The summed E-state index contributed by atoms with van der Waals surface area (Å²) in [4.78, 5) is 15.0. The second-order valence-electron chi connectivity index (χ2n) is 7.52. The molecule has 1 atom stereocenters. The maximum atomic E-state index is 12.9. The SMILES string of the molecule is Cc1ccc(OCCCCn2nnc3sc4c(c3c2=O)CC[C@@H](C)C4)cc1. The lowest BCUT2D eigenvalue weighted by molar-refractivity contribution is 0.300. The van der Waals surface area contributed by atoms with E-state index in [2.05, 4.69) is 24.2 Å². The first-order chi connectivity index (χ1) is 13.1. The molecule has 0 amide bonds. The van der Waals surface area contributed by atoms with Gasteiger partial charge in [0.05, 0.1) is 12.0 Å². The molecule has 27 heavy (non-hydrogen) atoms. The van der Waals surface area contributed by atoms with Gasteiger partial charge in [-0.1, -0.05) is 29.8 Å². The molecule has 0 aliphatic heterocycles. The van der Waals surface area contributed by atoms with E-state index in [1.54, 1.807) is 11.3 Å². The van der Waals surface area contributed by atoms with E-state index in [9.17, 15) is 4.79 Å². The number of benzene rings is 1. The van der Waals surface area contributed by atoms with Gasteiger partial charge in [0.2, 0.25) is 0 Å². The summed E-state index contributed by atoms with van der Waals surface area (Å²) in [5.74, 6) is 1.58. The van der Waals surface area contributed by atoms with Crippen LogP contribution >= 0.6 is 11.3 Å². The number of unbranched alkanes of at least 4 members (excludes halogenated alkanes) is 1. The van der Waals surface area contributed by atoms with E-state index in [0.717, 1.165) is 48.1 Å². The van der Waals surface area contributed by atoms with E-state index >= 15 is 0 Å². The zero-order chi connectivity index (χ0) is 18.8. The Balaban J connectivity index is 1.38. The molecule has 5 nitrogen and oxygen atoms in total. The van der Waals surface area contributed by atoms with Crippen molar-refractivity contribution in [1.82, 2.24) is 15.0 Å². The molecule has 4 rings (SSSR count). The third-order valence-corrected chi connectivity index (χ3v) is 6.38. The van der Waals surface area contributed by atoms with Gasteiger partial charge >= 0.3 is 0 Å². The molecule has 0 N–H and O–H groups in total. The van der Waals surface area contributed by atoms with Crippen LogP contribution in [-0.2, 0) is 19.4 Å². The Bertz CT molecular complexity index is 991. The van der Waals surface area contributed by atoms with Crippen molar-refractivity contribution in [3.05, 3.63) is 50.6 Å². The van der Waals surface area contributed by atoms with Gasteiger partial charge in [-0.2, -0.15) is 0 Å². The molecule has 3 aromatic rings. The van der Waals surface area contributed by atoms with Crippen LogP contribution in [0.1, 0.15) is 42.2 Å². The first-order valence-corrected chi connectivity index (χ1v) is 10.5. The van der Waals surface area contributed by atoms with Gasteiger partial charge in [-0.3, -0.25) is 4.79 Å². The highest BCUT2D eigenvalue weighted by Gasteiger charge is 2.23. The fourth-order valence-corrected chi connectivity index (χ4v) is 4.94. The van der Waals surface area contributed by atoms with Gasteiger partial charge in [-0.25, -0.2) is 4.68 Å². The zero-order valence-corrected chi connectivity index (χ0v) is 16.7. The third kappa shape index (κ3) is 3.90. The molecule has 0 saturated carbocycles. The van der Waals surface area contributed by atoms with Crippen molar-refractivity contribution < 1.29 is 4.74 Å². The van der Waals surface area contributed by atoms with Crippen molar-refractivity contribution >= 4 is 21.6 Å². The second-order valence-corrected chi connectivity index (χ2v) is 8.60. The molecule has 0 radical (unpaired) electrons. The Morgan fingerprint density at radius 3 is 2.89 bits per heavy atom. The Labute approximate surface area is 163 Å². The zero-order valence-electron chi connectivity index (χ0n) is 15.9. The van der Waals surface area contributed by atoms with Crippen molar-refractivity contribution in [3.8, 4) is 5.75 Å². The first-order valence-electron chi connectivity index (χ1n) is 9.69. The summed E-state index contributed by atoms with van der Waals surface area (Å²) in [6.07, 6.45) is 4.92. The van der Waals surface area contributed by atoms with Crippen LogP contribution in [0.25, 0.3) is 10.2 Å². The van der Waals surface area contributed by atoms with Gasteiger partial charge in [0.1, 0.15) is 5.75 Å². The second kappa shape index (κ2) is 7.80. The summed E-state index contributed by atoms with van der Waals surface area (Å²) >= 11 is 1.65. The number of hydrogen-bond donors (Lipinski definition) is 0. The number of thiophene rings is 1. The Hall–Kier alpha value is -2.21. The van der Waals surface area contributed by atoms with Crippen molar-refractivity contribution in [2.45, 2.75) is 52.5 Å². The maximum absolute atomic E-state index is 12.9. The van der Waals surface area contributed by atoms with Crippen LogP contribution in [0.3, 0.4) is 0 Å². The van der Waals surface area contributed by atoms with Crippen LogP contribution in [0.5, 0.6) is 5.75 Å². The molecule has 0 saturated heterocycles. The predicted molar refractivity (Wildman–Crippen MR) is 109 cm³/mol. The van der Waals surface area contributed by atoms with Crippen molar-refractivity contribution in [3.63, 3.8) is 0 Å². The minimum absolute atomic E-state index is 0.0199. The van der Waals surface area contributed by atoms with Crippen LogP contribution in [-0.4, -0.2) is 21.6 Å². The Kier molecular flexibility index (Phi) is 5.25. The molecule has 0 fully saturated rings. The number of nitrogens with zero attached hydrogens (tertiary/aromatic N) is 3. The van der Waals surface area contributed by atoms with Gasteiger partial charge < -0.3 is 4.74 Å². The smallest absolute Gasteiger partial charge is 0.278 e. The van der Waals surface area contributed by atoms with Crippen LogP contribution in [0.4, 0.5) is 0 Å². The lowest BCUT2D eigenvalue weighted by atomic mass is 9.89. The standard InChI is InChI=1S/C21H25N3O2S/c1-14-5-8-16(9-6-14)26-12-4-3-11-24-21(25)19-17-10-7-15(2)13-18(17)27-20(19)22-23-24/h5-6,8-9,15H,3-4,7,10-13H2,1-2H3/t15-/m1/s1. The van der Waals surface area contributed by atoms with Gasteiger partial charge in [0.25, 0.3) is 5.56 Å². The van der Waals surface area contributed by atoms with E-state index in [4.69, 9.17) is 4.74 Å². The summed E-state index contributed by atoms with van der Waals surface area (Å²) in [6, 6.07) is 8.06. The largest absolute Gasteiger partial charge is 0.494 e. The lowest BCUT2D eigenvalue weighted by Gasteiger charge is -2.17. The fourth-order valence-electron chi connectivity index (χ4n) is 3.63. The fraction of sp³-hybridized carbons (Fsp3) is 0.476. The molecule has 2 heterocycles. The topological polar surface area (TPSA) is 57.0 Å². The molecule has 0 unspecified atom stereocenters. The normalized spacial score (nSPS) is 16.4. The average molecular weight is 384 g/mol. The maximum Gasteiger partial charge on any atom is 0.278 e. The Morgan fingerprint density at radius 1 is 1.26 bits per heavy atom. The molecular formula is C21H25N3O2S. The molecule has 0 spiro atoms. The van der Waals surface area contributed by atoms with Crippen molar-refractivity contribution in [2.24, 2.45) is 5.92 Å². The number of aryl methyl sites for hydroxylation is 3. The summed E-state index contributed by atoms with van der Waals surface area (Å²) in [6.45, 7) is 5.56. The molecule has 0 bridgehead atoms. The van der Waals surface area contributed by atoms with E-state index in [0.29, 0.717) is 19.1 Å². The van der Waals surface area contributed by atoms with E-state index in [-0.39, 0.29) is 5.56 Å². The molecule has 142 valence electrons. The summed E-state index contributed by atoms with van der Waals surface area (Å²) in [5, 5.41) is 9.30. The highest BCUT2D eigenvalue weighted by Crippen LogP contribution is 2.35. The van der Waals surface area contributed by atoms with E-state index in [1.165, 1.54) is 20.7 Å². The van der Waals surface area contributed by atoms with Crippen LogP contribution in [0.2, 0.25) is 0 Å². The molecule has 1 aliphatic carbocycles. The molecular weight excluding hydrogens is 358 g/mol. The highest BCUT2D eigenvalue weighted by atomic mass is 32.1. The van der Waals surface area contributed by atoms with Crippen molar-refractivity contribution in [2.75, 3.05) is 6.61 Å². The summed E-state index contributed by atoms with van der Waals surface area (Å²) in [7, 11) is 0.